The molecule has 3 N–H and O–H groups in total. The smallest absolute Gasteiger partial charge is 0.279 e. The second kappa shape index (κ2) is 8.30. The molecule has 3 aromatic carbocycles. The van der Waals surface area contributed by atoms with Crippen molar-refractivity contribution in [2.45, 2.75) is 18.3 Å². The first-order valence-corrected chi connectivity index (χ1v) is 12.7. The van der Waals surface area contributed by atoms with Gasteiger partial charge in [-0.25, -0.2) is 9.11 Å². The molecule has 8 heteroatoms. The third-order valence-electron chi connectivity index (χ3n) is 7.28. The van der Waals surface area contributed by atoms with Crippen molar-refractivity contribution in [2.24, 2.45) is 5.92 Å². The van der Waals surface area contributed by atoms with Gasteiger partial charge in [-0.05, 0) is 65.9 Å². The fourth-order valence-corrected chi connectivity index (χ4v) is 6.67. The standard InChI is InChI=1S/C26H27FN4O2S/c1-17-12-24(30-21-10-8-20(27)9-11-21)19(14-28)13-22(17)26-16-31(34(32,33)29-2)15-23(26)25(26)18-6-4-3-5-7-18/h3-14,23,25,28-30H,15-16H2,1-2H3/t23-,25-,26+/m0/s1. The van der Waals surface area contributed by atoms with E-state index in [-0.39, 0.29) is 23.1 Å². The van der Waals surface area contributed by atoms with Gasteiger partial charge in [0.25, 0.3) is 10.2 Å². The maximum absolute atomic E-state index is 13.3. The molecule has 5 rings (SSSR count). The third-order valence-corrected chi connectivity index (χ3v) is 8.76. The molecule has 3 aromatic rings. The van der Waals surface area contributed by atoms with Crippen molar-refractivity contribution in [3.63, 3.8) is 0 Å². The van der Waals surface area contributed by atoms with Crippen molar-refractivity contribution in [3.8, 4) is 0 Å². The fraction of sp³-hybridized carbons (Fsp3) is 0.269. The molecule has 1 heterocycles. The average Bonchev–Trinajstić information content (AvgIpc) is 3.29. The van der Waals surface area contributed by atoms with Gasteiger partial charge in [0, 0.05) is 54.6 Å². The number of aryl methyl sites for hydroxylation is 1. The molecule has 0 radical (unpaired) electrons. The van der Waals surface area contributed by atoms with Crippen molar-refractivity contribution in [1.82, 2.24) is 9.03 Å². The molecule has 2 aliphatic rings. The molecule has 0 spiro atoms. The summed E-state index contributed by atoms with van der Waals surface area (Å²) in [5.74, 6) is 0.0638. The summed E-state index contributed by atoms with van der Waals surface area (Å²) in [4.78, 5) is 0. The summed E-state index contributed by atoms with van der Waals surface area (Å²) in [5.41, 5.74) is 5.15. The molecule has 1 saturated heterocycles. The zero-order chi connectivity index (χ0) is 24.1. The Kier molecular flexibility index (Phi) is 5.55. The molecule has 1 aliphatic carbocycles. The van der Waals surface area contributed by atoms with Crippen LogP contribution in [0.25, 0.3) is 0 Å². The van der Waals surface area contributed by atoms with E-state index < -0.39 is 10.2 Å². The molecule has 0 unspecified atom stereocenters. The van der Waals surface area contributed by atoms with Gasteiger partial charge in [0.15, 0.2) is 0 Å². The van der Waals surface area contributed by atoms with Gasteiger partial charge >= 0.3 is 0 Å². The van der Waals surface area contributed by atoms with E-state index in [1.165, 1.54) is 35.3 Å². The molecule has 0 amide bonds. The molecule has 1 aliphatic heterocycles. The van der Waals surface area contributed by atoms with Crippen molar-refractivity contribution in [3.05, 3.63) is 94.8 Å². The van der Waals surface area contributed by atoms with Crippen LogP contribution in [0.4, 0.5) is 15.8 Å². The van der Waals surface area contributed by atoms with E-state index >= 15 is 0 Å². The summed E-state index contributed by atoms with van der Waals surface area (Å²) in [6.45, 7) is 2.88. The number of anilines is 2. The Labute approximate surface area is 199 Å². The largest absolute Gasteiger partial charge is 0.355 e. The Morgan fingerprint density at radius 1 is 1.12 bits per heavy atom. The lowest BCUT2D eigenvalue weighted by Crippen LogP contribution is -2.40. The Balaban J connectivity index is 1.57. The van der Waals surface area contributed by atoms with E-state index in [0.29, 0.717) is 18.7 Å². The van der Waals surface area contributed by atoms with Crippen LogP contribution in [-0.4, -0.2) is 39.1 Å². The lowest BCUT2D eigenvalue weighted by molar-refractivity contribution is 0.416. The Hall–Kier alpha value is -3.07. The second-order valence-electron chi connectivity index (χ2n) is 9.07. The Morgan fingerprint density at radius 3 is 2.47 bits per heavy atom. The minimum atomic E-state index is -3.54. The quantitative estimate of drug-likeness (QED) is 0.443. The van der Waals surface area contributed by atoms with Crippen molar-refractivity contribution in [2.75, 3.05) is 25.5 Å². The van der Waals surface area contributed by atoms with Gasteiger partial charge in [0.1, 0.15) is 5.82 Å². The summed E-state index contributed by atoms with van der Waals surface area (Å²) < 4.78 is 42.5. The number of piperidine rings is 1. The summed E-state index contributed by atoms with van der Waals surface area (Å²) in [7, 11) is -2.10. The predicted octanol–water partition coefficient (Wildman–Crippen LogP) is 4.31. The van der Waals surface area contributed by atoms with Crippen LogP contribution in [0.15, 0.2) is 66.7 Å². The number of nitrogens with zero attached hydrogens (tertiary/aromatic N) is 1. The van der Waals surface area contributed by atoms with E-state index in [2.05, 4.69) is 22.2 Å². The van der Waals surface area contributed by atoms with Crippen LogP contribution in [0.1, 0.15) is 28.2 Å². The third kappa shape index (κ3) is 3.62. The van der Waals surface area contributed by atoms with Crippen molar-refractivity contribution >= 4 is 27.8 Å². The highest BCUT2D eigenvalue weighted by molar-refractivity contribution is 7.87. The van der Waals surface area contributed by atoms with Crippen molar-refractivity contribution < 1.29 is 12.8 Å². The SMILES string of the molecule is CNS(=O)(=O)N1C[C@H]2[C@H](c3ccccc3)[C@@]2(c2cc(C=N)c(Nc3ccc(F)cc3)cc2C)C1. The molecule has 176 valence electrons. The van der Waals surface area contributed by atoms with Crippen LogP contribution in [0.3, 0.4) is 0 Å². The van der Waals surface area contributed by atoms with E-state index in [1.54, 1.807) is 12.1 Å². The first-order chi connectivity index (χ1) is 16.3. The van der Waals surface area contributed by atoms with Crippen LogP contribution in [-0.2, 0) is 15.6 Å². The monoisotopic (exact) mass is 478 g/mol. The zero-order valence-corrected chi connectivity index (χ0v) is 19.9. The Bertz CT molecular complexity index is 1350. The molecule has 34 heavy (non-hydrogen) atoms. The van der Waals surface area contributed by atoms with Crippen LogP contribution in [0.5, 0.6) is 0 Å². The molecular formula is C26H27FN4O2S. The molecule has 6 nitrogen and oxygen atoms in total. The highest BCUT2D eigenvalue weighted by Gasteiger charge is 2.71. The summed E-state index contributed by atoms with van der Waals surface area (Å²) in [6, 6.07) is 20.4. The van der Waals surface area contributed by atoms with Crippen LogP contribution in [0, 0.1) is 24.1 Å². The number of hydrogen-bond donors (Lipinski definition) is 3. The van der Waals surface area contributed by atoms with Gasteiger partial charge in [-0.2, -0.15) is 12.7 Å². The van der Waals surface area contributed by atoms with Crippen LogP contribution in [0.2, 0.25) is 0 Å². The molecule has 1 saturated carbocycles. The van der Waals surface area contributed by atoms with E-state index in [9.17, 15) is 12.8 Å². The lowest BCUT2D eigenvalue weighted by Gasteiger charge is -2.25. The minimum Gasteiger partial charge on any atom is -0.355 e. The summed E-state index contributed by atoms with van der Waals surface area (Å²) in [5, 5.41) is 11.3. The number of halogens is 1. The Morgan fingerprint density at radius 2 is 1.82 bits per heavy atom. The topological polar surface area (TPSA) is 85.3 Å². The van der Waals surface area contributed by atoms with E-state index in [1.807, 2.05) is 37.3 Å². The van der Waals surface area contributed by atoms with Gasteiger partial charge in [-0.1, -0.05) is 30.3 Å². The first-order valence-electron chi connectivity index (χ1n) is 11.2. The number of benzene rings is 3. The second-order valence-corrected chi connectivity index (χ2v) is 10.9. The van der Waals surface area contributed by atoms with Gasteiger partial charge in [0.05, 0.1) is 0 Å². The molecule has 2 fully saturated rings. The van der Waals surface area contributed by atoms with Gasteiger partial charge in [0.2, 0.25) is 0 Å². The highest BCUT2D eigenvalue weighted by atomic mass is 32.2. The number of nitrogens with one attached hydrogen (secondary N) is 3. The van der Waals surface area contributed by atoms with Crippen LogP contribution >= 0.6 is 0 Å². The zero-order valence-electron chi connectivity index (χ0n) is 19.0. The molecular weight excluding hydrogens is 451 g/mol. The first kappa shape index (κ1) is 22.7. The van der Waals surface area contributed by atoms with Gasteiger partial charge in [-0.3, -0.25) is 0 Å². The minimum absolute atomic E-state index is 0.159. The van der Waals surface area contributed by atoms with Gasteiger partial charge < -0.3 is 10.7 Å². The normalized spacial score (nSPS) is 24.0. The maximum Gasteiger partial charge on any atom is 0.279 e. The molecule has 3 atom stereocenters. The van der Waals surface area contributed by atoms with Crippen LogP contribution < -0.4 is 10.0 Å². The number of hydrogen-bond acceptors (Lipinski definition) is 4. The number of fused-ring (bicyclic) bond motifs is 1. The molecule has 0 bridgehead atoms. The summed E-state index contributed by atoms with van der Waals surface area (Å²) >= 11 is 0. The highest BCUT2D eigenvalue weighted by Crippen LogP contribution is 2.70. The van der Waals surface area contributed by atoms with Gasteiger partial charge in [-0.15, -0.1) is 0 Å². The van der Waals surface area contributed by atoms with Crippen molar-refractivity contribution in [1.29, 1.82) is 5.41 Å². The average molecular weight is 479 g/mol. The summed E-state index contributed by atoms with van der Waals surface area (Å²) in [6.07, 6.45) is 1.30. The van der Waals surface area contributed by atoms with E-state index in [4.69, 9.17) is 5.41 Å². The maximum atomic E-state index is 13.3. The lowest BCUT2D eigenvalue weighted by atomic mass is 9.86. The molecule has 0 aromatic heterocycles. The number of rotatable bonds is 7. The predicted molar refractivity (Wildman–Crippen MR) is 133 cm³/mol. The van der Waals surface area contributed by atoms with E-state index in [0.717, 1.165) is 22.5 Å². The fourth-order valence-electron chi connectivity index (χ4n) is 5.68.